The Kier molecular flexibility index (Phi) is 5.36. The maximum absolute atomic E-state index is 12.4. The molecule has 3 heterocycles. The van der Waals surface area contributed by atoms with Gasteiger partial charge in [-0.25, -0.2) is 4.79 Å². The molecule has 4 N–H and O–H groups in total. The van der Waals surface area contributed by atoms with Crippen LogP contribution in [0.2, 0.25) is 0 Å². The van der Waals surface area contributed by atoms with Crippen molar-refractivity contribution < 1.29 is 29.3 Å². The first kappa shape index (κ1) is 19.6. The molecule has 3 aliphatic rings. The van der Waals surface area contributed by atoms with Gasteiger partial charge in [0.15, 0.2) is 5.72 Å². The molecule has 1 aromatic heterocycles. The molecule has 11 heteroatoms. The van der Waals surface area contributed by atoms with Crippen LogP contribution in [0.1, 0.15) is 23.0 Å². The van der Waals surface area contributed by atoms with Crippen LogP contribution in [0.25, 0.3) is 0 Å². The number of rotatable bonds is 8. The molecule has 0 spiro atoms. The first-order valence-electron chi connectivity index (χ1n) is 9.22. The number of nitrogens with zero attached hydrogens (tertiary/aromatic N) is 2. The predicted molar refractivity (Wildman–Crippen MR) is 99.7 cm³/mol. The van der Waals surface area contributed by atoms with Crippen molar-refractivity contribution >= 4 is 27.9 Å². The van der Waals surface area contributed by atoms with Crippen LogP contribution in [0.15, 0.2) is 16.7 Å². The second-order valence-corrected chi connectivity index (χ2v) is 7.90. The lowest BCUT2D eigenvalue weighted by atomic mass is 10.1. The summed E-state index contributed by atoms with van der Waals surface area (Å²) < 4.78 is 13.2. The first-order chi connectivity index (χ1) is 13.5. The fourth-order valence-electron chi connectivity index (χ4n) is 4.38. The molecule has 0 radical (unpaired) electrons. The SMILES string of the molecule is O=C1N[C@@H]2[C@@H](C[C@]3(O)[C@H]2NC(=O)N3CCOCCOCCO)n2c(Br)ccc21. The van der Waals surface area contributed by atoms with Crippen molar-refractivity contribution in [3.8, 4) is 0 Å². The van der Waals surface area contributed by atoms with Gasteiger partial charge in [0, 0.05) is 13.0 Å². The molecule has 3 amide bonds. The van der Waals surface area contributed by atoms with Gasteiger partial charge in [0.05, 0.1) is 49.7 Å². The monoisotopic (exact) mass is 458 g/mol. The third kappa shape index (κ3) is 3.11. The molecule has 1 saturated carbocycles. The van der Waals surface area contributed by atoms with Crippen molar-refractivity contribution in [1.29, 1.82) is 0 Å². The smallest absolute Gasteiger partial charge is 0.320 e. The van der Waals surface area contributed by atoms with Crippen molar-refractivity contribution in [3.05, 3.63) is 22.4 Å². The molecular weight excluding hydrogens is 436 g/mol. The van der Waals surface area contributed by atoms with Crippen LogP contribution in [-0.4, -0.2) is 89.0 Å². The van der Waals surface area contributed by atoms with Crippen molar-refractivity contribution in [2.45, 2.75) is 30.3 Å². The molecule has 28 heavy (non-hydrogen) atoms. The molecule has 1 saturated heterocycles. The standard InChI is InChI=1S/C17H23BrN4O6/c18-12-2-1-10-15(24)19-13-11(22(10)12)9-17(26)14(13)20-16(25)21(17)3-5-27-7-8-28-6-4-23/h1-2,11,13-14,23,26H,3-9H2,(H,19,24)(H,20,25)/t11-,13-,14+,17+/m1/s1. The molecule has 0 aromatic carbocycles. The summed E-state index contributed by atoms with van der Waals surface area (Å²) in [7, 11) is 0. The quantitative estimate of drug-likeness (QED) is 0.386. The molecule has 4 rings (SSSR count). The minimum atomic E-state index is -1.41. The van der Waals surface area contributed by atoms with Gasteiger partial charge in [-0.2, -0.15) is 0 Å². The number of hydrogen-bond acceptors (Lipinski definition) is 6. The van der Waals surface area contributed by atoms with E-state index in [1.807, 2.05) is 4.57 Å². The van der Waals surface area contributed by atoms with E-state index < -0.39 is 17.8 Å². The van der Waals surface area contributed by atoms with E-state index in [9.17, 15) is 14.7 Å². The maximum atomic E-state index is 12.4. The van der Waals surface area contributed by atoms with Crippen molar-refractivity contribution in [2.24, 2.45) is 0 Å². The Morgan fingerprint density at radius 1 is 1.18 bits per heavy atom. The number of aliphatic hydroxyl groups excluding tert-OH is 1. The molecule has 1 aliphatic carbocycles. The fraction of sp³-hybridized carbons (Fsp3) is 0.647. The van der Waals surface area contributed by atoms with Gasteiger partial charge >= 0.3 is 6.03 Å². The van der Waals surface area contributed by atoms with Crippen LogP contribution in [0.5, 0.6) is 0 Å². The summed E-state index contributed by atoms with van der Waals surface area (Å²) >= 11 is 3.47. The highest BCUT2D eigenvalue weighted by Gasteiger charge is 2.64. The molecule has 10 nitrogen and oxygen atoms in total. The van der Waals surface area contributed by atoms with E-state index in [0.29, 0.717) is 25.3 Å². The fourth-order valence-corrected chi connectivity index (χ4v) is 4.97. The number of urea groups is 1. The summed E-state index contributed by atoms with van der Waals surface area (Å²) in [4.78, 5) is 26.2. The minimum absolute atomic E-state index is 0.0412. The second-order valence-electron chi connectivity index (χ2n) is 7.09. The molecule has 2 aliphatic heterocycles. The highest BCUT2D eigenvalue weighted by Crippen LogP contribution is 2.46. The largest absolute Gasteiger partial charge is 0.394 e. The Morgan fingerprint density at radius 2 is 1.93 bits per heavy atom. The van der Waals surface area contributed by atoms with Crippen molar-refractivity contribution in [2.75, 3.05) is 39.6 Å². The van der Waals surface area contributed by atoms with Crippen LogP contribution in [-0.2, 0) is 9.47 Å². The lowest BCUT2D eigenvalue weighted by Gasteiger charge is -2.32. The zero-order valence-corrected chi connectivity index (χ0v) is 16.7. The van der Waals surface area contributed by atoms with Crippen molar-refractivity contribution in [3.63, 3.8) is 0 Å². The number of carbonyl (C=O) groups is 2. The van der Waals surface area contributed by atoms with E-state index in [4.69, 9.17) is 14.6 Å². The van der Waals surface area contributed by atoms with Gasteiger partial charge in [-0.1, -0.05) is 0 Å². The zero-order valence-electron chi connectivity index (χ0n) is 15.1. The van der Waals surface area contributed by atoms with Crippen molar-refractivity contribution in [1.82, 2.24) is 20.1 Å². The zero-order chi connectivity index (χ0) is 19.9. The molecule has 0 unspecified atom stereocenters. The first-order valence-corrected chi connectivity index (χ1v) is 10.0. The van der Waals surface area contributed by atoms with Gasteiger partial charge in [-0.15, -0.1) is 0 Å². The van der Waals surface area contributed by atoms with E-state index in [1.165, 1.54) is 4.90 Å². The molecule has 0 bridgehead atoms. The van der Waals surface area contributed by atoms with E-state index in [-0.39, 0.29) is 44.3 Å². The second kappa shape index (κ2) is 7.64. The number of hydrogen-bond donors (Lipinski definition) is 4. The summed E-state index contributed by atoms with van der Waals surface area (Å²) in [6, 6.07) is 1.97. The summed E-state index contributed by atoms with van der Waals surface area (Å²) in [5, 5.41) is 25.8. The number of nitrogens with one attached hydrogen (secondary N) is 2. The molecule has 2 fully saturated rings. The number of fused-ring (bicyclic) bond motifs is 5. The number of carbonyl (C=O) groups excluding carboxylic acids is 2. The molecular formula is C17H23BrN4O6. The van der Waals surface area contributed by atoms with E-state index in [1.54, 1.807) is 12.1 Å². The predicted octanol–water partition coefficient (Wildman–Crippen LogP) is -0.585. The van der Waals surface area contributed by atoms with Gasteiger partial charge in [-0.05, 0) is 28.1 Å². The number of aromatic nitrogens is 1. The van der Waals surface area contributed by atoms with E-state index in [2.05, 4.69) is 26.6 Å². The number of halogens is 1. The highest BCUT2D eigenvalue weighted by atomic mass is 79.9. The summed E-state index contributed by atoms with van der Waals surface area (Å²) in [5.74, 6) is -0.227. The number of amides is 3. The number of aliphatic hydroxyl groups is 2. The van der Waals surface area contributed by atoms with Crippen LogP contribution < -0.4 is 10.6 Å². The average molecular weight is 459 g/mol. The highest BCUT2D eigenvalue weighted by molar-refractivity contribution is 9.10. The Morgan fingerprint density at radius 3 is 2.68 bits per heavy atom. The van der Waals surface area contributed by atoms with Gasteiger partial charge in [0.2, 0.25) is 0 Å². The van der Waals surface area contributed by atoms with Crippen LogP contribution in [0.4, 0.5) is 4.79 Å². The van der Waals surface area contributed by atoms with E-state index >= 15 is 0 Å². The normalized spacial score (nSPS) is 30.7. The molecule has 1 aromatic rings. The average Bonchev–Trinajstić information content (AvgIpc) is 3.25. The molecule has 4 atom stereocenters. The topological polar surface area (TPSA) is 125 Å². The third-order valence-corrected chi connectivity index (χ3v) is 6.22. The van der Waals surface area contributed by atoms with Gasteiger partial charge in [0.1, 0.15) is 11.7 Å². The maximum Gasteiger partial charge on any atom is 0.320 e. The Hall–Kier alpha value is -1.66. The van der Waals surface area contributed by atoms with Crippen LogP contribution in [0.3, 0.4) is 0 Å². The third-order valence-electron chi connectivity index (χ3n) is 5.57. The number of ether oxygens (including phenoxy) is 2. The summed E-state index contributed by atoms with van der Waals surface area (Å²) in [5.41, 5.74) is -0.886. The van der Waals surface area contributed by atoms with Gasteiger partial charge < -0.3 is 34.9 Å². The van der Waals surface area contributed by atoms with E-state index in [0.717, 1.165) is 4.60 Å². The minimum Gasteiger partial charge on any atom is -0.394 e. The Bertz CT molecular complexity index is 773. The van der Waals surface area contributed by atoms with Gasteiger partial charge in [-0.3, -0.25) is 9.69 Å². The van der Waals surface area contributed by atoms with Crippen LogP contribution in [0, 0.1) is 0 Å². The lowest BCUT2D eigenvalue weighted by molar-refractivity contribution is -0.0770. The van der Waals surface area contributed by atoms with Crippen LogP contribution >= 0.6 is 15.9 Å². The Labute approximate surface area is 169 Å². The Balaban J connectivity index is 1.43. The summed E-state index contributed by atoms with van der Waals surface area (Å²) in [6.45, 7) is 1.35. The molecule has 154 valence electrons. The lowest BCUT2D eigenvalue weighted by Crippen LogP contribution is -2.56. The summed E-state index contributed by atoms with van der Waals surface area (Å²) in [6.07, 6.45) is 0.293. The van der Waals surface area contributed by atoms with Gasteiger partial charge in [0.25, 0.3) is 5.91 Å².